The first-order valence-corrected chi connectivity index (χ1v) is 10.2. The molecule has 4 atom stereocenters. The summed E-state index contributed by atoms with van der Waals surface area (Å²) < 4.78 is 11.1. The molecule has 0 aromatic heterocycles. The third-order valence-electron chi connectivity index (χ3n) is 5.43. The van der Waals surface area contributed by atoms with Gasteiger partial charge in [0.2, 0.25) is 11.8 Å². The smallest absolute Gasteiger partial charge is 0.223 e. The van der Waals surface area contributed by atoms with E-state index in [0.717, 1.165) is 5.56 Å². The first-order chi connectivity index (χ1) is 14.1. The molecule has 3 rings (SSSR count). The predicted molar refractivity (Wildman–Crippen MR) is 108 cm³/mol. The van der Waals surface area contributed by atoms with Gasteiger partial charge in [0.25, 0.3) is 0 Å². The summed E-state index contributed by atoms with van der Waals surface area (Å²) in [6.07, 6.45) is 4.16. The van der Waals surface area contributed by atoms with Gasteiger partial charge in [-0.15, -0.1) is 0 Å². The number of aliphatic hydroxyl groups is 1. The van der Waals surface area contributed by atoms with Gasteiger partial charge in [0.1, 0.15) is 6.10 Å². The van der Waals surface area contributed by atoms with Gasteiger partial charge in [0.15, 0.2) is 0 Å². The highest BCUT2D eigenvalue weighted by Crippen LogP contribution is 2.19. The number of aliphatic hydroxyl groups excluding tert-OH is 1. The molecule has 1 fully saturated rings. The van der Waals surface area contributed by atoms with E-state index in [2.05, 4.69) is 10.6 Å². The Bertz CT molecular complexity index is 702. The minimum absolute atomic E-state index is 0.0436. The van der Waals surface area contributed by atoms with Crippen molar-refractivity contribution >= 4 is 11.8 Å². The average Bonchev–Trinajstić information content (AvgIpc) is 2.75. The Labute approximate surface area is 171 Å². The molecule has 7 heteroatoms. The zero-order valence-electron chi connectivity index (χ0n) is 16.8. The number of ether oxygens (including phenoxy) is 2. The van der Waals surface area contributed by atoms with E-state index in [9.17, 15) is 14.7 Å². The lowest BCUT2D eigenvalue weighted by atomic mass is 9.97. The van der Waals surface area contributed by atoms with Crippen LogP contribution in [0.15, 0.2) is 42.5 Å². The van der Waals surface area contributed by atoms with Gasteiger partial charge >= 0.3 is 0 Å². The second-order valence-corrected chi connectivity index (χ2v) is 7.61. The molecule has 0 radical (unpaired) electrons. The molecule has 2 aliphatic rings. The standard InChI is InChI=1S/C22H30N2O5/c1-15(16-5-3-2-4-6-16)23-21(26)13-18-7-8-19(20(14-25)29-18)24-22(27)17-9-11-28-12-10-17/h2-8,15,17-20,25H,9-14H2,1H3,(H,23,26)(H,24,27)/t15-,18+,19+,20-/m1/s1. The Kier molecular flexibility index (Phi) is 7.80. The average molecular weight is 402 g/mol. The van der Waals surface area contributed by atoms with E-state index in [1.54, 1.807) is 6.08 Å². The second-order valence-electron chi connectivity index (χ2n) is 7.61. The van der Waals surface area contributed by atoms with Crippen LogP contribution in [0.1, 0.15) is 37.8 Å². The molecular formula is C22H30N2O5. The fourth-order valence-corrected chi connectivity index (χ4v) is 3.69. The summed E-state index contributed by atoms with van der Waals surface area (Å²) in [5, 5.41) is 15.6. The van der Waals surface area contributed by atoms with E-state index in [1.807, 2.05) is 43.3 Å². The molecule has 0 bridgehead atoms. The van der Waals surface area contributed by atoms with Crippen molar-refractivity contribution in [2.75, 3.05) is 19.8 Å². The SMILES string of the molecule is C[C@@H](NC(=O)C[C@@H]1C=C[C@H](NC(=O)C2CCOCC2)[C@@H](CO)O1)c1ccccc1. The van der Waals surface area contributed by atoms with Crippen LogP contribution in [0.2, 0.25) is 0 Å². The van der Waals surface area contributed by atoms with Gasteiger partial charge in [-0.05, 0) is 25.3 Å². The Hall–Kier alpha value is -2.22. The molecule has 1 saturated heterocycles. The monoisotopic (exact) mass is 402 g/mol. The van der Waals surface area contributed by atoms with Crippen molar-refractivity contribution < 1.29 is 24.2 Å². The van der Waals surface area contributed by atoms with Crippen LogP contribution in [-0.2, 0) is 19.1 Å². The third kappa shape index (κ3) is 6.13. The van der Waals surface area contributed by atoms with Crippen LogP contribution in [0.3, 0.4) is 0 Å². The molecule has 2 aliphatic heterocycles. The normalized spacial score (nSPS) is 25.9. The molecule has 0 aliphatic carbocycles. The molecule has 0 saturated carbocycles. The van der Waals surface area contributed by atoms with Crippen LogP contribution in [0.25, 0.3) is 0 Å². The van der Waals surface area contributed by atoms with Gasteiger partial charge in [-0.3, -0.25) is 9.59 Å². The van der Waals surface area contributed by atoms with Crippen molar-refractivity contribution in [1.29, 1.82) is 0 Å². The minimum Gasteiger partial charge on any atom is -0.394 e. The van der Waals surface area contributed by atoms with Crippen LogP contribution in [0.5, 0.6) is 0 Å². The summed E-state index contributed by atoms with van der Waals surface area (Å²) in [4.78, 5) is 24.8. The van der Waals surface area contributed by atoms with Gasteiger partial charge in [-0.1, -0.05) is 42.5 Å². The largest absolute Gasteiger partial charge is 0.394 e. The zero-order chi connectivity index (χ0) is 20.6. The lowest BCUT2D eigenvalue weighted by molar-refractivity contribution is -0.132. The van der Waals surface area contributed by atoms with Crippen LogP contribution in [0.4, 0.5) is 0 Å². The van der Waals surface area contributed by atoms with Gasteiger partial charge in [0, 0.05) is 19.1 Å². The molecule has 3 N–H and O–H groups in total. The highest BCUT2D eigenvalue weighted by molar-refractivity contribution is 5.79. The highest BCUT2D eigenvalue weighted by Gasteiger charge is 2.31. The number of hydrogen-bond acceptors (Lipinski definition) is 5. The number of nitrogens with one attached hydrogen (secondary N) is 2. The molecule has 158 valence electrons. The molecular weight excluding hydrogens is 372 g/mol. The second kappa shape index (κ2) is 10.5. The Balaban J connectivity index is 1.51. The molecule has 1 aromatic carbocycles. The maximum absolute atomic E-state index is 12.4. The summed E-state index contributed by atoms with van der Waals surface area (Å²) in [7, 11) is 0. The maximum atomic E-state index is 12.4. The molecule has 0 unspecified atom stereocenters. The Morgan fingerprint density at radius 3 is 2.59 bits per heavy atom. The van der Waals surface area contributed by atoms with Crippen molar-refractivity contribution in [2.24, 2.45) is 5.92 Å². The number of amides is 2. The summed E-state index contributed by atoms with van der Waals surface area (Å²) in [6, 6.07) is 9.24. The number of carbonyl (C=O) groups excluding carboxylic acids is 2. The maximum Gasteiger partial charge on any atom is 0.223 e. The summed E-state index contributed by atoms with van der Waals surface area (Å²) in [6.45, 7) is 2.89. The van der Waals surface area contributed by atoms with Crippen molar-refractivity contribution in [3.8, 4) is 0 Å². The minimum atomic E-state index is -0.576. The first-order valence-electron chi connectivity index (χ1n) is 10.2. The van der Waals surface area contributed by atoms with Gasteiger partial charge in [-0.2, -0.15) is 0 Å². The third-order valence-corrected chi connectivity index (χ3v) is 5.43. The van der Waals surface area contributed by atoms with Crippen molar-refractivity contribution in [1.82, 2.24) is 10.6 Å². The Morgan fingerprint density at radius 2 is 1.90 bits per heavy atom. The highest BCUT2D eigenvalue weighted by atomic mass is 16.5. The first kappa shape index (κ1) is 21.5. The van der Waals surface area contributed by atoms with Gasteiger partial charge in [0.05, 0.1) is 31.2 Å². The summed E-state index contributed by atoms with van der Waals surface area (Å²) >= 11 is 0. The van der Waals surface area contributed by atoms with E-state index < -0.39 is 18.2 Å². The fraction of sp³-hybridized carbons (Fsp3) is 0.545. The molecule has 29 heavy (non-hydrogen) atoms. The number of hydrogen-bond donors (Lipinski definition) is 3. The molecule has 2 amide bonds. The summed E-state index contributed by atoms with van der Waals surface area (Å²) in [5.41, 5.74) is 1.03. The quantitative estimate of drug-likeness (QED) is 0.601. The molecule has 7 nitrogen and oxygen atoms in total. The van der Waals surface area contributed by atoms with Crippen molar-refractivity contribution in [3.05, 3.63) is 48.0 Å². The van der Waals surface area contributed by atoms with E-state index in [-0.39, 0.29) is 36.8 Å². The van der Waals surface area contributed by atoms with Crippen LogP contribution < -0.4 is 10.6 Å². The van der Waals surface area contributed by atoms with E-state index >= 15 is 0 Å². The number of benzene rings is 1. The fourth-order valence-electron chi connectivity index (χ4n) is 3.69. The summed E-state index contributed by atoms with van der Waals surface area (Å²) in [5.74, 6) is -0.241. The lowest BCUT2D eigenvalue weighted by Crippen LogP contribution is -2.51. The topological polar surface area (TPSA) is 96.9 Å². The number of carbonyl (C=O) groups is 2. The predicted octanol–water partition coefficient (Wildman–Crippen LogP) is 1.48. The van der Waals surface area contributed by atoms with Crippen molar-refractivity contribution in [3.63, 3.8) is 0 Å². The number of rotatable bonds is 7. The van der Waals surface area contributed by atoms with E-state index in [4.69, 9.17) is 9.47 Å². The zero-order valence-corrected chi connectivity index (χ0v) is 16.8. The van der Waals surface area contributed by atoms with Crippen LogP contribution in [0, 0.1) is 5.92 Å². The lowest BCUT2D eigenvalue weighted by Gasteiger charge is -2.33. The van der Waals surface area contributed by atoms with E-state index in [0.29, 0.717) is 26.1 Å². The van der Waals surface area contributed by atoms with Crippen LogP contribution >= 0.6 is 0 Å². The van der Waals surface area contributed by atoms with Gasteiger partial charge in [-0.25, -0.2) is 0 Å². The van der Waals surface area contributed by atoms with Gasteiger partial charge < -0.3 is 25.2 Å². The van der Waals surface area contributed by atoms with Crippen LogP contribution in [-0.4, -0.2) is 55.0 Å². The molecule has 2 heterocycles. The van der Waals surface area contributed by atoms with Crippen molar-refractivity contribution in [2.45, 2.75) is 50.5 Å². The molecule has 0 spiro atoms. The Morgan fingerprint density at radius 1 is 1.17 bits per heavy atom. The molecule has 1 aromatic rings. The van der Waals surface area contributed by atoms with E-state index in [1.165, 1.54) is 0 Å².